The molecule has 1 aliphatic rings. The van der Waals surface area contributed by atoms with Crippen LogP contribution in [0.3, 0.4) is 0 Å². The van der Waals surface area contributed by atoms with Gasteiger partial charge in [-0.05, 0) is 26.2 Å². The lowest BCUT2D eigenvalue weighted by molar-refractivity contribution is -0.144. The van der Waals surface area contributed by atoms with Crippen LogP contribution in [0.2, 0.25) is 0 Å². The summed E-state index contributed by atoms with van der Waals surface area (Å²) in [5, 5.41) is 18.6. The number of hydrogen-bond acceptors (Lipinski definition) is 3. The molecule has 1 amide bonds. The number of carboxylic acids is 1. The normalized spacial score (nSPS) is 23.0. The van der Waals surface area contributed by atoms with Crippen molar-refractivity contribution in [2.45, 2.75) is 39.2 Å². The molecule has 1 aromatic heterocycles. The third kappa shape index (κ3) is 3.33. The Morgan fingerprint density at radius 2 is 2.21 bits per heavy atom. The van der Waals surface area contributed by atoms with Gasteiger partial charge >= 0.3 is 5.97 Å². The molecule has 1 aliphatic carbocycles. The molecule has 0 bridgehead atoms. The molecule has 6 heteroatoms. The van der Waals surface area contributed by atoms with Crippen molar-refractivity contribution in [3.63, 3.8) is 0 Å². The number of aromatic amines is 1. The lowest BCUT2D eigenvalue weighted by Gasteiger charge is -2.25. The van der Waals surface area contributed by atoms with Crippen molar-refractivity contribution in [1.82, 2.24) is 15.5 Å². The second kappa shape index (κ2) is 5.86. The maximum atomic E-state index is 12.0. The number of nitrogens with one attached hydrogen (secondary N) is 2. The zero-order valence-corrected chi connectivity index (χ0v) is 11.0. The Morgan fingerprint density at radius 1 is 1.47 bits per heavy atom. The van der Waals surface area contributed by atoms with E-state index in [2.05, 4.69) is 15.5 Å². The van der Waals surface area contributed by atoms with Gasteiger partial charge in [0.2, 0.25) is 5.91 Å². The molecule has 1 fully saturated rings. The minimum atomic E-state index is -0.789. The van der Waals surface area contributed by atoms with Crippen LogP contribution in [0.15, 0.2) is 6.20 Å². The quantitative estimate of drug-likeness (QED) is 0.763. The molecule has 0 spiro atoms. The number of nitrogens with zero attached hydrogens (tertiary/aromatic N) is 1. The van der Waals surface area contributed by atoms with Crippen LogP contribution in [0.4, 0.5) is 0 Å². The predicted molar refractivity (Wildman–Crippen MR) is 68.3 cm³/mol. The van der Waals surface area contributed by atoms with Crippen molar-refractivity contribution in [3.05, 3.63) is 17.5 Å². The fraction of sp³-hybridized carbons (Fsp3) is 0.615. The first kappa shape index (κ1) is 13.6. The van der Waals surface area contributed by atoms with Crippen molar-refractivity contribution >= 4 is 11.9 Å². The van der Waals surface area contributed by atoms with E-state index in [1.165, 1.54) is 0 Å². The molecular weight excluding hydrogens is 246 g/mol. The summed E-state index contributed by atoms with van der Waals surface area (Å²) in [6, 6.07) is 0. The lowest BCUT2D eigenvalue weighted by atomic mass is 9.81. The van der Waals surface area contributed by atoms with E-state index < -0.39 is 5.97 Å². The number of amides is 1. The van der Waals surface area contributed by atoms with E-state index in [0.717, 1.165) is 24.1 Å². The molecule has 1 heterocycles. The minimum Gasteiger partial charge on any atom is -0.481 e. The molecule has 1 saturated carbocycles. The highest BCUT2D eigenvalue weighted by atomic mass is 16.4. The van der Waals surface area contributed by atoms with Crippen molar-refractivity contribution in [2.24, 2.45) is 11.8 Å². The highest BCUT2D eigenvalue weighted by Crippen LogP contribution is 2.29. The second-order valence-electron chi connectivity index (χ2n) is 5.14. The van der Waals surface area contributed by atoms with Crippen LogP contribution in [-0.4, -0.2) is 27.2 Å². The van der Waals surface area contributed by atoms with Gasteiger partial charge < -0.3 is 10.4 Å². The number of rotatable bonds is 4. The van der Waals surface area contributed by atoms with Crippen molar-refractivity contribution in [1.29, 1.82) is 0 Å². The third-order valence-electron chi connectivity index (χ3n) is 3.78. The molecule has 1 aromatic rings. The number of carbonyl (C=O) groups is 2. The first-order valence-corrected chi connectivity index (χ1v) is 6.57. The maximum absolute atomic E-state index is 12.0. The summed E-state index contributed by atoms with van der Waals surface area (Å²) in [7, 11) is 0. The first-order valence-electron chi connectivity index (χ1n) is 6.57. The van der Waals surface area contributed by atoms with Crippen LogP contribution in [0.5, 0.6) is 0 Å². The Bertz CT molecular complexity index is 469. The molecule has 2 unspecified atom stereocenters. The van der Waals surface area contributed by atoms with Gasteiger partial charge in [0.15, 0.2) is 0 Å². The Kier molecular flexibility index (Phi) is 4.19. The zero-order valence-electron chi connectivity index (χ0n) is 11.0. The highest BCUT2D eigenvalue weighted by molar-refractivity contribution is 5.80. The summed E-state index contributed by atoms with van der Waals surface area (Å²) in [5.41, 5.74) is 1.89. The number of aromatic nitrogens is 2. The van der Waals surface area contributed by atoms with Gasteiger partial charge in [-0.3, -0.25) is 14.7 Å². The standard InChI is InChI=1S/C13H19N3O3/c1-8-11(7-15-16-8)6-14-12(17)9-3-2-4-10(5-9)13(18)19/h7,9-10H,2-6H2,1H3,(H,14,17)(H,15,16)(H,18,19). The highest BCUT2D eigenvalue weighted by Gasteiger charge is 2.30. The van der Waals surface area contributed by atoms with Crippen molar-refractivity contribution < 1.29 is 14.7 Å². The Morgan fingerprint density at radius 3 is 2.84 bits per heavy atom. The summed E-state index contributed by atoms with van der Waals surface area (Å²) in [4.78, 5) is 23.0. The van der Waals surface area contributed by atoms with Gasteiger partial charge in [-0.2, -0.15) is 5.10 Å². The Hall–Kier alpha value is -1.85. The molecule has 3 N–H and O–H groups in total. The van der Waals surface area contributed by atoms with Crippen LogP contribution in [0.1, 0.15) is 36.9 Å². The molecule has 0 aromatic carbocycles. The van der Waals surface area contributed by atoms with Crippen LogP contribution in [0.25, 0.3) is 0 Å². The smallest absolute Gasteiger partial charge is 0.306 e. The molecule has 0 aliphatic heterocycles. The van der Waals surface area contributed by atoms with Crippen LogP contribution >= 0.6 is 0 Å². The average Bonchev–Trinajstić information content (AvgIpc) is 2.81. The minimum absolute atomic E-state index is 0.0495. The summed E-state index contributed by atoms with van der Waals surface area (Å²) < 4.78 is 0. The third-order valence-corrected chi connectivity index (χ3v) is 3.78. The summed E-state index contributed by atoms with van der Waals surface area (Å²) in [6.45, 7) is 2.34. The number of aliphatic carboxylic acids is 1. The van der Waals surface area contributed by atoms with Gasteiger partial charge in [0.1, 0.15) is 0 Å². The average molecular weight is 265 g/mol. The van der Waals surface area contributed by atoms with Crippen LogP contribution < -0.4 is 5.32 Å². The van der Waals surface area contributed by atoms with Gasteiger partial charge in [-0.15, -0.1) is 0 Å². The van der Waals surface area contributed by atoms with Crippen LogP contribution in [0, 0.1) is 18.8 Å². The summed E-state index contributed by atoms with van der Waals surface area (Å²) in [5.74, 6) is -1.39. The largest absolute Gasteiger partial charge is 0.481 e. The van der Waals surface area contributed by atoms with Crippen LogP contribution in [-0.2, 0) is 16.1 Å². The van der Waals surface area contributed by atoms with Gasteiger partial charge in [0.05, 0.1) is 12.1 Å². The van der Waals surface area contributed by atoms with E-state index >= 15 is 0 Å². The van der Waals surface area contributed by atoms with E-state index in [4.69, 9.17) is 5.11 Å². The lowest BCUT2D eigenvalue weighted by Crippen LogP contribution is -2.35. The molecular formula is C13H19N3O3. The second-order valence-corrected chi connectivity index (χ2v) is 5.14. The van der Waals surface area contributed by atoms with E-state index in [-0.39, 0.29) is 17.7 Å². The molecule has 104 valence electrons. The number of carbonyl (C=O) groups excluding carboxylic acids is 1. The van der Waals surface area contributed by atoms with E-state index in [0.29, 0.717) is 19.4 Å². The Balaban J connectivity index is 1.86. The number of hydrogen-bond donors (Lipinski definition) is 3. The van der Waals surface area contributed by atoms with Gasteiger partial charge in [-0.1, -0.05) is 6.42 Å². The van der Waals surface area contributed by atoms with Gasteiger partial charge in [0, 0.05) is 23.7 Å². The van der Waals surface area contributed by atoms with E-state index in [1.54, 1.807) is 6.20 Å². The zero-order chi connectivity index (χ0) is 13.8. The number of aryl methyl sites for hydroxylation is 1. The van der Waals surface area contributed by atoms with E-state index in [1.807, 2.05) is 6.92 Å². The molecule has 19 heavy (non-hydrogen) atoms. The number of H-pyrrole nitrogens is 1. The fourth-order valence-electron chi connectivity index (χ4n) is 2.53. The number of carboxylic acid groups (broad SMARTS) is 1. The van der Waals surface area contributed by atoms with Crippen molar-refractivity contribution in [3.8, 4) is 0 Å². The SMILES string of the molecule is Cc1[nH]ncc1CNC(=O)C1CCCC(C(=O)O)C1. The summed E-state index contributed by atoms with van der Waals surface area (Å²) >= 11 is 0. The predicted octanol–water partition coefficient (Wildman–Crippen LogP) is 1.23. The molecule has 2 rings (SSSR count). The molecule has 0 radical (unpaired) electrons. The molecule has 0 saturated heterocycles. The first-order chi connectivity index (χ1) is 9.08. The van der Waals surface area contributed by atoms with Gasteiger partial charge in [0.25, 0.3) is 0 Å². The molecule has 6 nitrogen and oxygen atoms in total. The summed E-state index contributed by atoms with van der Waals surface area (Å²) in [6.07, 6.45) is 4.40. The Labute approximate surface area is 111 Å². The van der Waals surface area contributed by atoms with Crippen molar-refractivity contribution in [2.75, 3.05) is 0 Å². The monoisotopic (exact) mass is 265 g/mol. The molecule has 2 atom stereocenters. The topological polar surface area (TPSA) is 95.1 Å². The maximum Gasteiger partial charge on any atom is 0.306 e. The fourth-order valence-corrected chi connectivity index (χ4v) is 2.53. The van der Waals surface area contributed by atoms with E-state index in [9.17, 15) is 9.59 Å². The van der Waals surface area contributed by atoms with Gasteiger partial charge in [-0.25, -0.2) is 0 Å².